The molecule has 0 N–H and O–H groups in total. The smallest absolute Gasteiger partial charge is 0.173 e. The van der Waals surface area contributed by atoms with Crippen molar-refractivity contribution in [2.24, 2.45) is 0 Å². The fourth-order valence-electron chi connectivity index (χ4n) is 2.81. The van der Waals surface area contributed by atoms with Gasteiger partial charge in [-0.25, -0.2) is 9.37 Å². The van der Waals surface area contributed by atoms with Crippen LogP contribution in [-0.4, -0.2) is 33.8 Å². The summed E-state index contributed by atoms with van der Waals surface area (Å²) in [6.07, 6.45) is 0. The summed E-state index contributed by atoms with van der Waals surface area (Å²) in [5, 5.41) is 10.2. The number of Topliss-reactive ketones (excluding diaryl/α,β-unsaturated/α-hetero) is 1. The number of hydrogen-bond donors (Lipinski definition) is 0. The summed E-state index contributed by atoms with van der Waals surface area (Å²) in [6, 6.07) is 13.1. The summed E-state index contributed by atoms with van der Waals surface area (Å²) in [4.78, 5) is 17.0. The monoisotopic (exact) mass is 425 g/mol. The van der Waals surface area contributed by atoms with E-state index in [1.807, 2.05) is 31.2 Å². The Morgan fingerprint density at radius 2 is 1.83 bits per heavy atom. The van der Waals surface area contributed by atoms with Gasteiger partial charge in [0.15, 0.2) is 5.78 Å². The third-order valence-electron chi connectivity index (χ3n) is 4.26. The Bertz CT molecular complexity index is 1180. The lowest BCUT2D eigenvalue weighted by Gasteiger charge is -2.06. The van der Waals surface area contributed by atoms with Crippen LogP contribution in [0.1, 0.15) is 15.4 Å². The molecule has 0 unspecified atom stereocenters. The molecule has 0 spiro atoms. The Balaban J connectivity index is 1.62. The standard InChI is InChI=1S/C21H16FN3O2S2/c1-12-23-19-20(29-12)18(14-5-9-16(27-2)10-6-14)24-25-21(19)28-11-17(26)13-3-7-15(22)8-4-13/h3-10H,11H2,1-2H3. The Morgan fingerprint density at radius 3 is 2.52 bits per heavy atom. The molecule has 8 heteroatoms. The van der Waals surface area contributed by atoms with Crippen molar-refractivity contribution >= 4 is 39.1 Å². The number of thiazole rings is 1. The summed E-state index contributed by atoms with van der Waals surface area (Å²) >= 11 is 2.83. The third kappa shape index (κ3) is 4.13. The summed E-state index contributed by atoms with van der Waals surface area (Å²) in [7, 11) is 1.62. The van der Waals surface area contributed by atoms with Crippen molar-refractivity contribution in [3.05, 3.63) is 64.9 Å². The lowest BCUT2D eigenvalue weighted by atomic mass is 10.1. The predicted molar refractivity (Wildman–Crippen MR) is 113 cm³/mol. The van der Waals surface area contributed by atoms with Gasteiger partial charge < -0.3 is 4.74 Å². The first-order valence-electron chi connectivity index (χ1n) is 8.75. The molecule has 0 bridgehead atoms. The molecule has 0 radical (unpaired) electrons. The minimum atomic E-state index is -0.367. The second-order valence-electron chi connectivity index (χ2n) is 6.21. The van der Waals surface area contributed by atoms with Gasteiger partial charge in [0.1, 0.15) is 27.8 Å². The van der Waals surface area contributed by atoms with E-state index >= 15 is 0 Å². The van der Waals surface area contributed by atoms with E-state index in [1.165, 1.54) is 36.0 Å². The van der Waals surface area contributed by atoms with E-state index in [0.717, 1.165) is 32.2 Å². The summed E-state index contributed by atoms with van der Waals surface area (Å²) in [5.74, 6) is 0.475. The van der Waals surface area contributed by atoms with E-state index in [4.69, 9.17) is 4.74 Å². The van der Waals surface area contributed by atoms with Crippen molar-refractivity contribution in [2.75, 3.05) is 12.9 Å². The number of ether oxygens (including phenoxy) is 1. The number of ketones is 1. The van der Waals surface area contributed by atoms with Crippen LogP contribution in [0, 0.1) is 12.7 Å². The molecule has 0 atom stereocenters. The van der Waals surface area contributed by atoms with E-state index in [-0.39, 0.29) is 17.4 Å². The van der Waals surface area contributed by atoms with Crippen LogP contribution in [0.4, 0.5) is 4.39 Å². The molecule has 4 aromatic rings. The van der Waals surface area contributed by atoms with Gasteiger partial charge in [0.2, 0.25) is 0 Å². The first-order chi connectivity index (χ1) is 14.0. The van der Waals surface area contributed by atoms with Crippen LogP contribution in [0.15, 0.2) is 53.6 Å². The predicted octanol–water partition coefficient (Wildman–Crippen LogP) is 5.18. The van der Waals surface area contributed by atoms with E-state index in [0.29, 0.717) is 10.6 Å². The topological polar surface area (TPSA) is 65.0 Å². The second kappa shape index (κ2) is 8.26. The first-order valence-corrected chi connectivity index (χ1v) is 10.5. The van der Waals surface area contributed by atoms with Crippen molar-refractivity contribution in [1.29, 1.82) is 0 Å². The van der Waals surface area contributed by atoms with Crippen LogP contribution in [-0.2, 0) is 0 Å². The Kier molecular flexibility index (Phi) is 5.55. The lowest BCUT2D eigenvalue weighted by Crippen LogP contribution is -2.03. The molecule has 4 rings (SSSR count). The quantitative estimate of drug-likeness (QED) is 0.313. The van der Waals surface area contributed by atoms with Crippen LogP contribution >= 0.6 is 23.1 Å². The second-order valence-corrected chi connectivity index (χ2v) is 8.38. The fourth-order valence-corrected chi connectivity index (χ4v) is 4.62. The molecule has 2 heterocycles. The van der Waals surface area contributed by atoms with Gasteiger partial charge >= 0.3 is 0 Å². The zero-order valence-corrected chi connectivity index (χ0v) is 17.3. The molecule has 0 amide bonds. The van der Waals surface area contributed by atoms with Crippen molar-refractivity contribution in [1.82, 2.24) is 15.2 Å². The Morgan fingerprint density at radius 1 is 1.10 bits per heavy atom. The fraction of sp³-hybridized carbons (Fsp3) is 0.143. The summed E-state index contributed by atoms with van der Waals surface area (Å²) < 4.78 is 19.2. The Labute approximate surface area is 175 Å². The summed E-state index contributed by atoms with van der Waals surface area (Å²) in [6.45, 7) is 1.93. The average molecular weight is 426 g/mol. The van der Waals surface area contributed by atoms with Gasteiger partial charge in [0.05, 0.1) is 22.6 Å². The van der Waals surface area contributed by atoms with Gasteiger partial charge in [0.25, 0.3) is 0 Å². The number of thioether (sulfide) groups is 1. The van der Waals surface area contributed by atoms with Gasteiger partial charge in [-0.15, -0.1) is 21.5 Å². The van der Waals surface area contributed by atoms with E-state index in [2.05, 4.69) is 15.2 Å². The number of fused-ring (bicyclic) bond motifs is 1. The molecule has 2 aromatic carbocycles. The average Bonchev–Trinajstić information content (AvgIpc) is 3.14. The highest BCUT2D eigenvalue weighted by Crippen LogP contribution is 2.35. The van der Waals surface area contributed by atoms with E-state index < -0.39 is 0 Å². The molecular formula is C21H16FN3O2S2. The number of carbonyl (C=O) groups excluding carboxylic acids is 1. The Hall–Kier alpha value is -2.84. The van der Waals surface area contributed by atoms with Crippen LogP contribution in [0.2, 0.25) is 0 Å². The molecule has 146 valence electrons. The van der Waals surface area contributed by atoms with Crippen LogP contribution in [0.5, 0.6) is 5.75 Å². The first kappa shape index (κ1) is 19.5. The maximum Gasteiger partial charge on any atom is 0.173 e. The van der Waals surface area contributed by atoms with Crippen molar-refractivity contribution in [2.45, 2.75) is 11.9 Å². The lowest BCUT2D eigenvalue weighted by molar-refractivity contribution is 0.102. The molecule has 0 aliphatic carbocycles. The zero-order valence-electron chi connectivity index (χ0n) is 15.7. The highest BCUT2D eigenvalue weighted by atomic mass is 32.2. The number of nitrogens with zero attached hydrogens (tertiary/aromatic N) is 3. The number of benzene rings is 2. The van der Waals surface area contributed by atoms with Gasteiger partial charge in [0, 0.05) is 11.1 Å². The van der Waals surface area contributed by atoms with Crippen LogP contribution in [0.25, 0.3) is 21.5 Å². The van der Waals surface area contributed by atoms with Gasteiger partial charge in [-0.1, -0.05) is 11.8 Å². The zero-order chi connectivity index (χ0) is 20.4. The molecule has 0 aliphatic rings. The number of methoxy groups -OCH3 is 1. The third-order valence-corrected chi connectivity index (χ3v) is 6.19. The largest absolute Gasteiger partial charge is 0.497 e. The van der Waals surface area contributed by atoms with Crippen molar-refractivity contribution < 1.29 is 13.9 Å². The number of rotatable bonds is 6. The van der Waals surface area contributed by atoms with Gasteiger partial charge in [-0.2, -0.15) is 0 Å². The van der Waals surface area contributed by atoms with Gasteiger partial charge in [-0.3, -0.25) is 4.79 Å². The van der Waals surface area contributed by atoms with E-state index in [1.54, 1.807) is 18.4 Å². The number of carbonyl (C=O) groups is 1. The maximum atomic E-state index is 13.0. The molecule has 29 heavy (non-hydrogen) atoms. The number of hydrogen-bond acceptors (Lipinski definition) is 7. The molecule has 0 aliphatic heterocycles. The molecule has 0 saturated carbocycles. The number of aryl methyl sites for hydroxylation is 1. The molecule has 5 nitrogen and oxygen atoms in total. The normalized spacial score (nSPS) is 11.0. The highest BCUT2D eigenvalue weighted by Gasteiger charge is 2.17. The maximum absolute atomic E-state index is 13.0. The van der Waals surface area contributed by atoms with Gasteiger partial charge in [-0.05, 0) is 55.5 Å². The van der Waals surface area contributed by atoms with Crippen molar-refractivity contribution in [3.63, 3.8) is 0 Å². The molecule has 0 fully saturated rings. The minimum Gasteiger partial charge on any atom is -0.497 e. The molecule has 0 saturated heterocycles. The minimum absolute atomic E-state index is 0.101. The highest BCUT2D eigenvalue weighted by molar-refractivity contribution is 8.00. The van der Waals surface area contributed by atoms with Crippen molar-refractivity contribution in [3.8, 4) is 17.0 Å². The number of aromatic nitrogens is 3. The van der Waals surface area contributed by atoms with Crippen LogP contribution in [0.3, 0.4) is 0 Å². The molecule has 2 aromatic heterocycles. The van der Waals surface area contributed by atoms with Crippen LogP contribution < -0.4 is 4.74 Å². The molecular weight excluding hydrogens is 409 g/mol. The SMILES string of the molecule is COc1ccc(-c2nnc(SCC(=O)c3ccc(F)cc3)c3nc(C)sc23)cc1. The number of halogens is 1. The summed E-state index contributed by atoms with van der Waals surface area (Å²) in [5.41, 5.74) is 2.88. The van der Waals surface area contributed by atoms with E-state index in [9.17, 15) is 9.18 Å².